The Labute approximate surface area is 82.4 Å². The van der Waals surface area contributed by atoms with Gasteiger partial charge in [-0.15, -0.1) is 0 Å². The lowest BCUT2D eigenvalue weighted by Gasteiger charge is -2.19. The first kappa shape index (κ1) is 11.0. The fourth-order valence-electron chi connectivity index (χ4n) is 1.22. The molecule has 1 aromatic heterocycles. The van der Waals surface area contributed by atoms with Crippen LogP contribution in [-0.4, -0.2) is 17.5 Å². The minimum atomic E-state index is -2.33. The maximum Gasteiger partial charge on any atom is 0.253 e. The summed E-state index contributed by atoms with van der Waals surface area (Å²) in [5.74, 6) is 0. The summed E-state index contributed by atoms with van der Waals surface area (Å²) in [6.07, 6.45) is 0.973. The average Bonchev–Trinajstić information content (AvgIpc) is 2.19. The second kappa shape index (κ2) is 5.00. The molecule has 0 aromatic carbocycles. The molecule has 0 radical (unpaired) electrons. The van der Waals surface area contributed by atoms with E-state index in [0.717, 1.165) is 5.56 Å². The van der Waals surface area contributed by atoms with Gasteiger partial charge < -0.3 is 5.32 Å². The summed E-state index contributed by atoms with van der Waals surface area (Å²) in [4.78, 5) is 3.87. The molecular weight excluding hydrogens is 186 g/mol. The van der Waals surface area contributed by atoms with Crippen LogP contribution in [-0.2, 0) is 0 Å². The smallest absolute Gasteiger partial charge is 0.253 e. The van der Waals surface area contributed by atoms with Crippen molar-refractivity contribution in [1.82, 2.24) is 10.3 Å². The Bertz CT molecular complexity index is 264. The molecule has 0 saturated heterocycles. The van der Waals surface area contributed by atoms with Crippen LogP contribution >= 0.6 is 0 Å². The van der Waals surface area contributed by atoms with Crippen molar-refractivity contribution in [2.75, 3.05) is 0 Å². The molecule has 0 aliphatic heterocycles. The number of hydrogen-bond donors (Lipinski definition) is 1. The first-order valence-corrected chi connectivity index (χ1v) is 4.55. The predicted molar refractivity (Wildman–Crippen MR) is 51.3 cm³/mol. The van der Waals surface area contributed by atoms with E-state index in [9.17, 15) is 8.78 Å². The van der Waals surface area contributed by atoms with Crippen LogP contribution in [0.3, 0.4) is 0 Å². The van der Waals surface area contributed by atoms with Gasteiger partial charge in [0.25, 0.3) is 6.43 Å². The zero-order valence-electron chi connectivity index (χ0n) is 8.24. The number of rotatable bonds is 4. The van der Waals surface area contributed by atoms with Crippen LogP contribution in [0.2, 0.25) is 0 Å². The molecular formula is C10H14F2N2. The highest BCUT2D eigenvalue weighted by Gasteiger charge is 2.16. The highest BCUT2D eigenvalue weighted by molar-refractivity contribution is 5.14. The Kier molecular flexibility index (Phi) is 3.95. The van der Waals surface area contributed by atoms with Gasteiger partial charge >= 0.3 is 0 Å². The summed E-state index contributed by atoms with van der Waals surface area (Å²) < 4.78 is 24.5. The van der Waals surface area contributed by atoms with E-state index in [1.54, 1.807) is 12.4 Å². The van der Waals surface area contributed by atoms with E-state index in [-0.39, 0.29) is 6.04 Å². The van der Waals surface area contributed by atoms with Crippen LogP contribution in [0.4, 0.5) is 8.78 Å². The van der Waals surface area contributed by atoms with Crippen LogP contribution in [0.25, 0.3) is 0 Å². The molecule has 2 unspecified atom stereocenters. The molecule has 14 heavy (non-hydrogen) atoms. The van der Waals surface area contributed by atoms with Gasteiger partial charge in [0.05, 0.1) is 6.04 Å². The molecule has 1 heterocycles. The molecule has 1 aromatic rings. The van der Waals surface area contributed by atoms with E-state index in [4.69, 9.17) is 0 Å². The van der Waals surface area contributed by atoms with Crippen molar-refractivity contribution in [2.45, 2.75) is 32.4 Å². The lowest BCUT2D eigenvalue weighted by molar-refractivity contribution is 0.101. The third-order valence-electron chi connectivity index (χ3n) is 2.10. The fraction of sp³-hybridized carbons (Fsp3) is 0.500. The number of nitrogens with zero attached hydrogens (tertiary/aromatic N) is 1. The highest BCUT2D eigenvalue weighted by Crippen LogP contribution is 2.12. The topological polar surface area (TPSA) is 24.9 Å². The van der Waals surface area contributed by atoms with E-state index in [0.29, 0.717) is 0 Å². The monoisotopic (exact) mass is 200 g/mol. The van der Waals surface area contributed by atoms with Crippen LogP contribution in [0.15, 0.2) is 24.5 Å². The van der Waals surface area contributed by atoms with E-state index >= 15 is 0 Å². The lowest BCUT2D eigenvalue weighted by atomic mass is 10.1. The van der Waals surface area contributed by atoms with Gasteiger partial charge in [-0.1, -0.05) is 0 Å². The van der Waals surface area contributed by atoms with Crippen molar-refractivity contribution in [1.29, 1.82) is 0 Å². The molecule has 0 aliphatic rings. The number of aromatic nitrogens is 1. The molecule has 2 nitrogen and oxygen atoms in total. The number of alkyl halides is 2. The largest absolute Gasteiger partial charge is 0.302 e. The van der Waals surface area contributed by atoms with Crippen molar-refractivity contribution < 1.29 is 8.78 Å². The Morgan fingerprint density at radius 1 is 1.21 bits per heavy atom. The van der Waals surface area contributed by atoms with Gasteiger partial charge in [0, 0.05) is 18.4 Å². The van der Waals surface area contributed by atoms with Crippen molar-refractivity contribution in [3.05, 3.63) is 30.1 Å². The molecule has 0 fully saturated rings. The number of halogens is 2. The van der Waals surface area contributed by atoms with Gasteiger partial charge in [-0.2, -0.15) is 0 Å². The van der Waals surface area contributed by atoms with Gasteiger partial charge in [0.15, 0.2) is 0 Å². The minimum absolute atomic E-state index is 0.0815. The molecule has 1 rings (SSSR count). The molecule has 0 spiro atoms. The number of pyridine rings is 1. The number of hydrogen-bond acceptors (Lipinski definition) is 2. The van der Waals surface area contributed by atoms with Gasteiger partial charge in [-0.05, 0) is 31.5 Å². The van der Waals surface area contributed by atoms with Gasteiger partial charge in [0.1, 0.15) is 0 Å². The molecule has 4 heteroatoms. The summed E-state index contributed by atoms with van der Waals surface area (Å²) in [5.41, 5.74) is 0.965. The standard InChI is InChI=1S/C10H14F2N2/c1-7(14-8(2)10(11)12)9-3-5-13-6-4-9/h3-8,10,14H,1-2H3. The normalized spacial score (nSPS) is 15.5. The van der Waals surface area contributed by atoms with Crippen molar-refractivity contribution in [2.24, 2.45) is 0 Å². The van der Waals surface area contributed by atoms with Gasteiger partial charge in [-0.25, -0.2) is 8.78 Å². The van der Waals surface area contributed by atoms with E-state index in [2.05, 4.69) is 10.3 Å². The Hall–Kier alpha value is -1.03. The van der Waals surface area contributed by atoms with Crippen LogP contribution < -0.4 is 5.32 Å². The third-order valence-corrected chi connectivity index (χ3v) is 2.10. The average molecular weight is 200 g/mol. The second-order valence-electron chi connectivity index (χ2n) is 3.29. The summed E-state index contributed by atoms with van der Waals surface area (Å²) in [5, 5.41) is 2.82. The molecule has 0 aliphatic carbocycles. The first-order chi connectivity index (χ1) is 6.61. The van der Waals surface area contributed by atoms with Crippen molar-refractivity contribution in [3.8, 4) is 0 Å². The van der Waals surface area contributed by atoms with Crippen LogP contribution in [0.5, 0.6) is 0 Å². The second-order valence-corrected chi connectivity index (χ2v) is 3.29. The quantitative estimate of drug-likeness (QED) is 0.807. The zero-order valence-corrected chi connectivity index (χ0v) is 8.24. The highest BCUT2D eigenvalue weighted by atomic mass is 19.3. The summed E-state index contributed by atoms with van der Waals surface area (Å²) >= 11 is 0. The Balaban J connectivity index is 2.55. The van der Waals surface area contributed by atoms with Crippen LogP contribution in [0, 0.1) is 0 Å². The molecule has 0 amide bonds. The molecule has 1 N–H and O–H groups in total. The molecule has 2 atom stereocenters. The lowest BCUT2D eigenvalue weighted by Crippen LogP contribution is -2.34. The van der Waals surface area contributed by atoms with E-state index in [1.807, 2.05) is 19.1 Å². The maximum atomic E-state index is 12.2. The third kappa shape index (κ3) is 3.03. The Morgan fingerprint density at radius 3 is 2.29 bits per heavy atom. The van der Waals surface area contributed by atoms with Crippen molar-refractivity contribution >= 4 is 0 Å². The first-order valence-electron chi connectivity index (χ1n) is 4.55. The number of nitrogens with one attached hydrogen (secondary N) is 1. The Morgan fingerprint density at radius 2 is 1.79 bits per heavy atom. The zero-order chi connectivity index (χ0) is 10.6. The SMILES string of the molecule is CC(NC(C)C(F)F)c1ccncc1. The van der Waals surface area contributed by atoms with E-state index in [1.165, 1.54) is 6.92 Å². The molecule has 0 bridgehead atoms. The van der Waals surface area contributed by atoms with Crippen molar-refractivity contribution in [3.63, 3.8) is 0 Å². The minimum Gasteiger partial charge on any atom is -0.302 e. The summed E-state index contributed by atoms with van der Waals surface area (Å²) in [7, 11) is 0. The van der Waals surface area contributed by atoms with Crippen LogP contribution in [0.1, 0.15) is 25.5 Å². The fourth-order valence-corrected chi connectivity index (χ4v) is 1.22. The maximum absolute atomic E-state index is 12.2. The van der Waals surface area contributed by atoms with Gasteiger partial charge in [0.2, 0.25) is 0 Å². The van der Waals surface area contributed by atoms with E-state index < -0.39 is 12.5 Å². The summed E-state index contributed by atoms with van der Waals surface area (Å²) in [6.45, 7) is 3.33. The summed E-state index contributed by atoms with van der Waals surface area (Å²) in [6, 6.07) is 2.76. The van der Waals surface area contributed by atoms with Gasteiger partial charge in [-0.3, -0.25) is 4.98 Å². The molecule has 0 saturated carbocycles. The molecule has 78 valence electrons. The predicted octanol–water partition coefficient (Wildman–Crippen LogP) is 2.39.